The average Bonchev–Trinajstić information content (AvgIpc) is 2.64. The van der Waals surface area contributed by atoms with Crippen molar-refractivity contribution in [1.29, 1.82) is 0 Å². The van der Waals surface area contributed by atoms with Crippen molar-refractivity contribution in [2.45, 2.75) is 19.9 Å². The largest absolute Gasteiger partial charge is 0.466 e. The molecule has 1 rings (SSSR count). The van der Waals surface area contributed by atoms with Gasteiger partial charge in [0.1, 0.15) is 5.01 Å². The fourth-order valence-corrected chi connectivity index (χ4v) is 1.76. The van der Waals surface area contributed by atoms with Crippen molar-refractivity contribution in [2.24, 2.45) is 0 Å². The highest BCUT2D eigenvalue weighted by molar-refractivity contribution is 7.11. The van der Waals surface area contributed by atoms with Gasteiger partial charge in [0, 0.05) is 23.3 Å². The maximum Gasteiger partial charge on any atom is 0.331 e. The molecule has 1 aromatic heterocycles. The highest BCUT2D eigenvalue weighted by Crippen LogP contribution is 2.18. The van der Waals surface area contributed by atoms with Crippen LogP contribution in [0.1, 0.15) is 22.9 Å². The number of carbonyl (C=O) groups excluding carboxylic acids is 1. The molecule has 1 atom stereocenters. The van der Waals surface area contributed by atoms with Crippen LogP contribution in [-0.4, -0.2) is 18.1 Å². The van der Waals surface area contributed by atoms with Crippen LogP contribution in [0.3, 0.4) is 0 Å². The molecule has 1 aromatic rings. The van der Waals surface area contributed by atoms with Gasteiger partial charge in [-0.1, -0.05) is 0 Å². The molecular weight excluding hydrogens is 212 g/mol. The summed E-state index contributed by atoms with van der Waals surface area (Å²) in [4.78, 5) is 16.2. The van der Waals surface area contributed by atoms with Crippen molar-refractivity contribution in [3.63, 3.8) is 0 Å². The van der Waals surface area contributed by atoms with Crippen molar-refractivity contribution < 1.29 is 9.53 Å². The lowest BCUT2D eigenvalue weighted by Gasteiger charge is -2.07. The number of methoxy groups -OCH3 is 1. The predicted molar refractivity (Wildman–Crippen MR) is 59.6 cm³/mol. The van der Waals surface area contributed by atoms with Crippen LogP contribution in [0.15, 0.2) is 18.5 Å². The minimum Gasteiger partial charge on any atom is -0.466 e. The molecule has 1 unspecified atom stereocenters. The Labute approximate surface area is 93.0 Å². The average molecular weight is 226 g/mol. The number of rotatable bonds is 4. The second-order valence-electron chi connectivity index (χ2n) is 3.05. The summed E-state index contributed by atoms with van der Waals surface area (Å²) in [5.74, 6) is -0.370. The molecule has 1 N–H and O–H groups in total. The molecule has 0 saturated heterocycles. The van der Waals surface area contributed by atoms with Gasteiger partial charge >= 0.3 is 5.97 Å². The number of nitrogens with one attached hydrogen (secondary N) is 1. The van der Waals surface area contributed by atoms with Gasteiger partial charge in [0.05, 0.1) is 13.2 Å². The van der Waals surface area contributed by atoms with Gasteiger partial charge in [-0.15, -0.1) is 11.3 Å². The molecule has 0 aliphatic heterocycles. The fraction of sp³-hybridized carbons (Fsp3) is 0.400. The standard InChI is InChI=1S/C10H14N2O2S/c1-7-6-12-10(15-7)8(2)11-5-4-9(13)14-3/h4-6,8,11H,1-3H3/b5-4+. The molecule has 5 heteroatoms. The number of hydrogen-bond acceptors (Lipinski definition) is 5. The SMILES string of the molecule is COC(=O)/C=C/NC(C)c1ncc(C)s1. The number of nitrogens with zero attached hydrogens (tertiary/aromatic N) is 1. The van der Waals surface area contributed by atoms with Gasteiger partial charge in [0.2, 0.25) is 0 Å². The van der Waals surface area contributed by atoms with Gasteiger partial charge in [-0.3, -0.25) is 0 Å². The highest BCUT2D eigenvalue weighted by atomic mass is 32.1. The third-order valence-corrected chi connectivity index (χ3v) is 2.87. The van der Waals surface area contributed by atoms with E-state index in [4.69, 9.17) is 0 Å². The van der Waals surface area contributed by atoms with E-state index in [0.717, 1.165) is 5.01 Å². The number of aryl methyl sites for hydroxylation is 1. The fourth-order valence-electron chi connectivity index (χ4n) is 0.972. The van der Waals surface area contributed by atoms with E-state index in [1.54, 1.807) is 17.5 Å². The molecule has 1 heterocycles. The molecule has 0 aromatic carbocycles. The summed E-state index contributed by atoms with van der Waals surface area (Å²) in [5, 5.41) is 4.05. The first-order chi connectivity index (χ1) is 7.13. The van der Waals surface area contributed by atoms with Gasteiger partial charge in [-0.25, -0.2) is 9.78 Å². The second-order valence-corrected chi connectivity index (χ2v) is 4.32. The second kappa shape index (κ2) is 5.50. The first-order valence-corrected chi connectivity index (χ1v) is 5.38. The van der Waals surface area contributed by atoms with Crippen molar-refractivity contribution in [3.8, 4) is 0 Å². The zero-order chi connectivity index (χ0) is 11.3. The van der Waals surface area contributed by atoms with Gasteiger partial charge in [0.15, 0.2) is 0 Å². The van der Waals surface area contributed by atoms with Crippen LogP contribution in [0.4, 0.5) is 0 Å². The van der Waals surface area contributed by atoms with Gasteiger partial charge < -0.3 is 10.1 Å². The molecule has 0 radical (unpaired) electrons. The van der Waals surface area contributed by atoms with E-state index >= 15 is 0 Å². The summed E-state index contributed by atoms with van der Waals surface area (Å²) < 4.78 is 4.46. The normalized spacial score (nSPS) is 12.7. The Balaban J connectivity index is 2.46. The third kappa shape index (κ3) is 3.71. The number of aromatic nitrogens is 1. The molecule has 0 aliphatic carbocycles. The maximum atomic E-state index is 10.8. The number of hydrogen-bond donors (Lipinski definition) is 1. The van der Waals surface area contributed by atoms with E-state index < -0.39 is 0 Å². The minimum atomic E-state index is -0.370. The Morgan fingerprint density at radius 3 is 3.00 bits per heavy atom. The summed E-state index contributed by atoms with van der Waals surface area (Å²) in [6.45, 7) is 4.00. The monoisotopic (exact) mass is 226 g/mol. The van der Waals surface area contributed by atoms with Gasteiger partial charge in [-0.2, -0.15) is 0 Å². The number of ether oxygens (including phenoxy) is 1. The van der Waals surface area contributed by atoms with E-state index in [0.29, 0.717) is 0 Å². The van der Waals surface area contributed by atoms with Crippen molar-refractivity contribution in [2.75, 3.05) is 7.11 Å². The van der Waals surface area contributed by atoms with Crippen molar-refractivity contribution in [3.05, 3.63) is 28.4 Å². The molecule has 4 nitrogen and oxygen atoms in total. The van der Waals surface area contributed by atoms with Crippen LogP contribution in [0.5, 0.6) is 0 Å². The van der Waals surface area contributed by atoms with Crippen LogP contribution in [0.25, 0.3) is 0 Å². The molecule has 15 heavy (non-hydrogen) atoms. The van der Waals surface area contributed by atoms with Crippen LogP contribution >= 0.6 is 11.3 Å². The summed E-state index contributed by atoms with van der Waals surface area (Å²) in [5.41, 5.74) is 0. The first-order valence-electron chi connectivity index (χ1n) is 4.56. The zero-order valence-corrected chi connectivity index (χ0v) is 9.80. The highest BCUT2D eigenvalue weighted by Gasteiger charge is 2.06. The van der Waals surface area contributed by atoms with Crippen LogP contribution in [0.2, 0.25) is 0 Å². The van der Waals surface area contributed by atoms with Crippen molar-refractivity contribution in [1.82, 2.24) is 10.3 Å². The molecule has 0 fully saturated rings. The summed E-state index contributed by atoms with van der Waals surface area (Å²) in [6, 6.07) is 0.101. The molecule has 0 spiro atoms. The van der Waals surface area contributed by atoms with E-state index in [2.05, 4.69) is 15.0 Å². The molecule has 0 saturated carbocycles. The van der Waals surface area contributed by atoms with E-state index in [1.807, 2.05) is 20.0 Å². The first kappa shape index (κ1) is 11.7. The third-order valence-electron chi connectivity index (χ3n) is 1.78. The van der Waals surface area contributed by atoms with E-state index in [9.17, 15) is 4.79 Å². The number of thiazole rings is 1. The van der Waals surface area contributed by atoms with Gasteiger partial charge in [0.25, 0.3) is 0 Å². The van der Waals surface area contributed by atoms with E-state index in [-0.39, 0.29) is 12.0 Å². The maximum absolute atomic E-state index is 10.8. The summed E-state index contributed by atoms with van der Waals surface area (Å²) >= 11 is 1.64. The number of esters is 1. The molecule has 82 valence electrons. The Hall–Kier alpha value is -1.36. The zero-order valence-electron chi connectivity index (χ0n) is 8.98. The van der Waals surface area contributed by atoms with Crippen molar-refractivity contribution >= 4 is 17.3 Å². The molecule has 0 aliphatic rings. The van der Waals surface area contributed by atoms with E-state index in [1.165, 1.54) is 18.1 Å². The molecular formula is C10H14N2O2S. The minimum absolute atomic E-state index is 0.101. The lowest BCUT2D eigenvalue weighted by atomic mass is 10.3. The lowest BCUT2D eigenvalue weighted by molar-refractivity contribution is -0.134. The predicted octanol–water partition coefficient (Wildman–Crippen LogP) is 1.79. The van der Waals surface area contributed by atoms with Crippen LogP contribution < -0.4 is 5.32 Å². The Morgan fingerprint density at radius 2 is 2.47 bits per heavy atom. The topological polar surface area (TPSA) is 51.2 Å². The smallest absolute Gasteiger partial charge is 0.331 e. The molecule has 0 amide bonds. The Bertz CT molecular complexity index is 360. The van der Waals surface area contributed by atoms with Crippen LogP contribution in [-0.2, 0) is 9.53 Å². The lowest BCUT2D eigenvalue weighted by Crippen LogP contribution is -2.12. The summed E-state index contributed by atoms with van der Waals surface area (Å²) in [7, 11) is 1.35. The molecule has 0 bridgehead atoms. The Kier molecular flexibility index (Phi) is 4.30. The number of carbonyl (C=O) groups is 1. The Morgan fingerprint density at radius 1 is 1.73 bits per heavy atom. The summed E-state index contributed by atoms with van der Waals surface area (Å²) in [6.07, 6.45) is 4.76. The quantitative estimate of drug-likeness (QED) is 0.628. The van der Waals surface area contributed by atoms with Crippen LogP contribution in [0, 0.1) is 6.92 Å². The van der Waals surface area contributed by atoms with Gasteiger partial charge in [-0.05, 0) is 13.8 Å².